The SMILES string of the molecule is Cc1cc(COc2ccc(C(=O)NC(C)C3NC(=O)NC3=O)cc2)c2ccccc2n1. The molecule has 2 aromatic carbocycles. The number of ether oxygens (including phenoxy) is 1. The van der Waals surface area contributed by atoms with E-state index in [2.05, 4.69) is 20.9 Å². The molecule has 158 valence electrons. The van der Waals surface area contributed by atoms with Crippen LogP contribution < -0.4 is 20.7 Å². The van der Waals surface area contributed by atoms with E-state index in [0.29, 0.717) is 17.9 Å². The first-order valence-electron chi connectivity index (χ1n) is 9.91. The highest BCUT2D eigenvalue weighted by molar-refractivity contribution is 6.05. The molecule has 8 nitrogen and oxygen atoms in total. The highest BCUT2D eigenvalue weighted by Gasteiger charge is 2.34. The van der Waals surface area contributed by atoms with Gasteiger partial charge in [-0.25, -0.2) is 4.79 Å². The molecule has 31 heavy (non-hydrogen) atoms. The van der Waals surface area contributed by atoms with Gasteiger partial charge in [0.15, 0.2) is 0 Å². The number of benzene rings is 2. The van der Waals surface area contributed by atoms with Crippen LogP contribution in [0.5, 0.6) is 5.75 Å². The second-order valence-electron chi connectivity index (χ2n) is 7.46. The zero-order chi connectivity index (χ0) is 22.0. The number of rotatable bonds is 6. The van der Waals surface area contributed by atoms with Crippen LogP contribution in [0.15, 0.2) is 54.6 Å². The van der Waals surface area contributed by atoms with E-state index in [4.69, 9.17) is 4.74 Å². The third-order valence-electron chi connectivity index (χ3n) is 5.11. The molecule has 2 unspecified atom stereocenters. The molecule has 2 heterocycles. The Balaban J connectivity index is 1.39. The van der Waals surface area contributed by atoms with Crippen molar-refractivity contribution < 1.29 is 19.1 Å². The Bertz CT molecular complexity index is 1160. The van der Waals surface area contributed by atoms with Crippen molar-refractivity contribution in [2.45, 2.75) is 32.5 Å². The molecule has 2 atom stereocenters. The molecule has 1 saturated heterocycles. The molecule has 0 saturated carbocycles. The van der Waals surface area contributed by atoms with Crippen molar-refractivity contribution in [3.63, 3.8) is 0 Å². The average Bonchev–Trinajstić information content (AvgIpc) is 3.10. The van der Waals surface area contributed by atoms with E-state index in [-0.39, 0.29) is 5.91 Å². The normalized spacial score (nSPS) is 16.5. The molecule has 3 aromatic rings. The summed E-state index contributed by atoms with van der Waals surface area (Å²) in [5.74, 6) is -0.172. The molecular weight excluding hydrogens is 396 g/mol. The molecule has 0 radical (unpaired) electrons. The van der Waals surface area contributed by atoms with E-state index in [9.17, 15) is 14.4 Å². The number of nitrogens with one attached hydrogen (secondary N) is 3. The minimum atomic E-state index is -0.794. The summed E-state index contributed by atoms with van der Waals surface area (Å²) in [6.45, 7) is 3.99. The molecule has 1 aromatic heterocycles. The maximum atomic E-state index is 12.5. The van der Waals surface area contributed by atoms with Gasteiger partial charge < -0.3 is 15.4 Å². The van der Waals surface area contributed by atoms with Crippen molar-refractivity contribution in [1.82, 2.24) is 20.9 Å². The fourth-order valence-corrected chi connectivity index (χ4v) is 3.54. The summed E-state index contributed by atoms with van der Waals surface area (Å²) in [5, 5.41) is 8.40. The number of hydrogen-bond donors (Lipinski definition) is 3. The molecule has 0 bridgehead atoms. The number of urea groups is 1. The number of nitrogens with zero attached hydrogens (tertiary/aromatic N) is 1. The van der Waals surface area contributed by atoms with Crippen LogP contribution >= 0.6 is 0 Å². The van der Waals surface area contributed by atoms with Crippen LogP contribution in [0.25, 0.3) is 10.9 Å². The van der Waals surface area contributed by atoms with Gasteiger partial charge in [0.25, 0.3) is 11.8 Å². The van der Waals surface area contributed by atoms with Crippen LogP contribution in [0.3, 0.4) is 0 Å². The number of pyridine rings is 1. The van der Waals surface area contributed by atoms with Crippen LogP contribution in [0, 0.1) is 6.92 Å². The smallest absolute Gasteiger partial charge is 0.322 e. The zero-order valence-electron chi connectivity index (χ0n) is 17.1. The topological polar surface area (TPSA) is 109 Å². The van der Waals surface area contributed by atoms with Crippen molar-refractivity contribution in [1.29, 1.82) is 0 Å². The summed E-state index contributed by atoms with van der Waals surface area (Å²) in [5.41, 5.74) is 3.31. The number of para-hydroxylation sites is 1. The van der Waals surface area contributed by atoms with Gasteiger partial charge in [-0.2, -0.15) is 0 Å². The minimum Gasteiger partial charge on any atom is -0.489 e. The van der Waals surface area contributed by atoms with Gasteiger partial charge in [0.05, 0.1) is 11.6 Å². The Kier molecular flexibility index (Phi) is 5.53. The molecule has 4 rings (SSSR count). The third-order valence-corrected chi connectivity index (χ3v) is 5.11. The fraction of sp³-hybridized carbons (Fsp3) is 0.217. The molecule has 3 N–H and O–H groups in total. The van der Waals surface area contributed by atoms with Crippen molar-refractivity contribution in [2.24, 2.45) is 0 Å². The lowest BCUT2D eigenvalue weighted by molar-refractivity contribution is -0.120. The lowest BCUT2D eigenvalue weighted by Gasteiger charge is -2.18. The van der Waals surface area contributed by atoms with Gasteiger partial charge in [0.1, 0.15) is 18.4 Å². The first-order chi connectivity index (χ1) is 14.9. The summed E-state index contributed by atoms with van der Waals surface area (Å²) in [6, 6.07) is 14.8. The number of amides is 4. The second kappa shape index (κ2) is 8.43. The highest BCUT2D eigenvalue weighted by Crippen LogP contribution is 2.21. The maximum Gasteiger partial charge on any atom is 0.322 e. The summed E-state index contributed by atoms with van der Waals surface area (Å²) in [6.07, 6.45) is 0. The fourth-order valence-electron chi connectivity index (χ4n) is 3.54. The van der Waals surface area contributed by atoms with Crippen molar-refractivity contribution in [3.05, 3.63) is 71.4 Å². The Morgan fingerprint density at radius 1 is 1.16 bits per heavy atom. The predicted octanol–water partition coefficient (Wildman–Crippen LogP) is 2.45. The monoisotopic (exact) mass is 418 g/mol. The van der Waals surface area contributed by atoms with E-state index >= 15 is 0 Å². The summed E-state index contributed by atoms with van der Waals surface area (Å²) < 4.78 is 5.92. The number of carbonyl (C=O) groups excluding carboxylic acids is 3. The van der Waals surface area contributed by atoms with Crippen molar-refractivity contribution in [3.8, 4) is 5.75 Å². The molecule has 1 aliphatic heterocycles. The largest absolute Gasteiger partial charge is 0.489 e. The lowest BCUT2D eigenvalue weighted by atomic mass is 10.1. The van der Waals surface area contributed by atoms with Gasteiger partial charge >= 0.3 is 6.03 Å². The Hall–Kier alpha value is -3.94. The quantitative estimate of drug-likeness (QED) is 0.533. The number of aryl methyl sites for hydroxylation is 1. The number of carbonyl (C=O) groups is 3. The standard InChI is InChI=1S/C23H22N4O4/c1-13-11-16(18-5-3-4-6-19(18)24-13)12-31-17-9-7-15(8-10-17)21(28)25-14(2)20-22(29)27-23(30)26-20/h3-11,14,20H,12H2,1-2H3,(H,25,28)(H2,26,27,29,30). The van der Waals surface area contributed by atoms with Gasteiger partial charge in [0, 0.05) is 22.2 Å². The molecule has 1 fully saturated rings. The Labute approximate surface area is 179 Å². The van der Waals surface area contributed by atoms with E-state index in [0.717, 1.165) is 22.2 Å². The maximum absolute atomic E-state index is 12.5. The van der Waals surface area contributed by atoms with Gasteiger partial charge in [-0.15, -0.1) is 0 Å². The van der Waals surface area contributed by atoms with Crippen LogP contribution in [-0.2, 0) is 11.4 Å². The van der Waals surface area contributed by atoms with E-state index < -0.39 is 24.0 Å². The second-order valence-corrected chi connectivity index (χ2v) is 7.46. The molecule has 4 amide bonds. The first kappa shape index (κ1) is 20.3. The van der Waals surface area contributed by atoms with Crippen LogP contribution in [0.1, 0.15) is 28.5 Å². The van der Waals surface area contributed by atoms with E-state index in [1.807, 2.05) is 37.3 Å². The van der Waals surface area contributed by atoms with E-state index in [1.54, 1.807) is 31.2 Å². The average molecular weight is 418 g/mol. The zero-order valence-corrected chi connectivity index (χ0v) is 17.1. The summed E-state index contributed by atoms with van der Waals surface area (Å²) in [4.78, 5) is 40.0. The highest BCUT2D eigenvalue weighted by atomic mass is 16.5. The molecular formula is C23H22N4O4. The summed E-state index contributed by atoms with van der Waals surface area (Å²) >= 11 is 0. The molecule has 1 aliphatic rings. The molecule has 0 aliphatic carbocycles. The number of hydrogen-bond acceptors (Lipinski definition) is 5. The first-order valence-corrected chi connectivity index (χ1v) is 9.91. The van der Waals surface area contributed by atoms with E-state index in [1.165, 1.54) is 0 Å². The van der Waals surface area contributed by atoms with Gasteiger partial charge in [-0.1, -0.05) is 18.2 Å². The lowest BCUT2D eigenvalue weighted by Crippen LogP contribution is -2.49. The third kappa shape index (κ3) is 4.48. The number of fused-ring (bicyclic) bond motifs is 1. The van der Waals surface area contributed by atoms with Crippen LogP contribution in [0.2, 0.25) is 0 Å². The van der Waals surface area contributed by atoms with Gasteiger partial charge in [-0.3, -0.25) is 19.9 Å². The Morgan fingerprint density at radius 2 is 1.90 bits per heavy atom. The Morgan fingerprint density at radius 3 is 2.61 bits per heavy atom. The summed E-state index contributed by atoms with van der Waals surface area (Å²) in [7, 11) is 0. The van der Waals surface area contributed by atoms with Crippen LogP contribution in [-0.4, -0.2) is 34.9 Å². The number of aromatic nitrogens is 1. The van der Waals surface area contributed by atoms with Crippen LogP contribution in [0.4, 0.5) is 4.79 Å². The van der Waals surface area contributed by atoms with Crippen molar-refractivity contribution in [2.75, 3.05) is 0 Å². The minimum absolute atomic E-state index is 0.344. The van der Waals surface area contributed by atoms with Crippen molar-refractivity contribution >= 4 is 28.7 Å². The molecule has 0 spiro atoms. The predicted molar refractivity (Wildman–Crippen MR) is 115 cm³/mol. The van der Waals surface area contributed by atoms with Gasteiger partial charge in [0.2, 0.25) is 0 Å². The number of imide groups is 1. The van der Waals surface area contributed by atoms with Gasteiger partial charge in [-0.05, 0) is 50.2 Å². The molecule has 8 heteroatoms.